The number of nitrogens with two attached hydrogens (primary N) is 1. The number of primary sulfonamides is 1. The molecular weight excluding hydrogens is 645 g/mol. The molecule has 2 aromatic carbocycles. The number of nitrogens with one attached hydrogen (secondary N) is 3. The molecule has 2 fully saturated rings. The molecule has 0 amide bonds. The zero-order chi connectivity index (χ0) is 33.0. The number of aromatic nitrogens is 6. The summed E-state index contributed by atoms with van der Waals surface area (Å²) < 4.78 is 54.3. The lowest BCUT2D eigenvalue weighted by molar-refractivity contribution is 0.558. The first kappa shape index (κ1) is 32.4. The molecule has 2 atom stereocenters. The molecule has 0 bridgehead atoms. The number of anilines is 6. The van der Waals surface area contributed by atoms with Gasteiger partial charge in [0.1, 0.15) is 12.7 Å². The molecule has 2 aliphatic rings. The number of sulfonamides is 2. The van der Waals surface area contributed by atoms with Gasteiger partial charge in [0, 0.05) is 37.1 Å². The zero-order valence-electron chi connectivity index (χ0n) is 25.7. The molecule has 2 aliphatic heterocycles. The predicted molar refractivity (Wildman–Crippen MR) is 178 cm³/mol. The van der Waals surface area contributed by atoms with Gasteiger partial charge in [-0.1, -0.05) is 24.3 Å². The van der Waals surface area contributed by atoms with Gasteiger partial charge in [-0.25, -0.2) is 41.9 Å². The van der Waals surface area contributed by atoms with Crippen molar-refractivity contribution in [3.63, 3.8) is 0 Å². The molecule has 0 radical (unpaired) electrons. The number of benzene rings is 2. The van der Waals surface area contributed by atoms with E-state index in [2.05, 4.69) is 62.0 Å². The Kier molecular flexibility index (Phi) is 9.44. The summed E-state index contributed by atoms with van der Waals surface area (Å²) in [6.45, 7) is 4.71. The van der Waals surface area contributed by atoms with E-state index in [0.29, 0.717) is 40.8 Å². The molecule has 2 saturated heterocycles. The van der Waals surface area contributed by atoms with E-state index in [1.807, 2.05) is 0 Å². The fraction of sp³-hybridized carbons (Fsp3) is 0.379. The molecule has 6 rings (SSSR count). The third kappa shape index (κ3) is 8.26. The first-order valence-electron chi connectivity index (χ1n) is 15.2. The molecule has 2 unspecified atom stereocenters. The van der Waals surface area contributed by atoms with Crippen LogP contribution in [0.2, 0.25) is 0 Å². The van der Waals surface area contributed by atoms with Crippen molar-refractivity contribution < 1.29 is 16.8 Å². The SMILES string of the molecule is CC1CCCN1c1ncnc(Nc2cccc(C(NS(=O)(=O)Cc3cccc(Nc4ncnc(N5CCCC5)n4)c3)S(N)(=O)=O)c2)n1. The van der Waals surface area contributed by atoms with Gasteiger partial charge in [-0.3, -0.25) is 0 Å². The third-order valence-corrected chi connectivity index (χ3v) is 10.4. The summed E-state index contributed by atoms with van der Waals surface area (Å²) in [5.41, 5.74) is 1.51. The molecule has 248 valence electrons. The van der Waals surface area contributed by atoms with Crippen molar-refractivity contribution in [2.75, 3.05) is 40.1 Å². The minimum Gasteiger partial charge on any atom is -0.341 e. The van der Waals surface area contributed by atoms with Crippen molar-refractivity contribution >= 4 is 55.2 Å². The molecule has 4 heterocycles. The van der Waals surface area contributed by atoms with Gasteiger partial charge in [-0.2, -0.15) is 14.7 Å². The lowest BCUT2D eigenvalue weighted by Crippen LogP contribution is -2.37. The van der Waals surface area contributed by atoms with E-state index in [-0.39, 0.29) is 11.5 Å². The third-order valence-electron chi connectivity index (χ3n) is 7.92. The summed E-state index contributed by atoms with van der Waals surface area (Å²) in [6.07, 6.45) is 7.08. The minimum atomic E-state index is -4.42. The fourth-order valence-corrected chi connectivity index (χ4v) is 8.33. The Morgan fingerprint density at radius 2 is 1.47 bits per heavy atom. The van der Waals surface area contributed by atoms with Gasteiger partial charge < -0.3 is 20.4 Å². The van der Waals surface area contributed by atoms with Crippen LogP contribution < -0.4 is 30.3 Å². The van der Waals surface area contributed by atoms with Crippen LogP contribution in [-0.4, -0.2) is 72.4 Å². The Morgan fingerprint density at radius 3 is 2.13 bits per heavy atom. The van der Waals surface area contributed by atoms with Gasteiger partial charge in [0.15, 0.2) is 5.37 Å². The van der Waals surface area contributed by atoms with Crippen molar-refractivity contribution in [1.82, 2.24) is 34.6 Å². The standard InChI is InChI=1S/C29H36N12O4S2/c1-20-7-6-14-41(20)29-34-19-32-27(38-29)36-24-11-5-9-22(16-24)25(47(30,44)45)39-46(42,43)17-21-8-4-10-23(15-21)35-26-31-18-33-28(37-26)40-12-2-3-13-40/h4-5,8-11,15-16,18-20,25,39H,2-3,6-7,12-14,17H2,1H3,(H2,30,44,45)(H,31,33,35,37)(H,32,34,36,38). The molecule has 0 saturated carbocycles. The van der Waals surface area contributed by atoms with E-state index >= 15 is 0 Å². The highest BCUT2D eigenvalue weighted by Crippen LogP contribution is 2.26. The molecule has 0 aliphatic carbocycles. The number of hydrogen-bond acceptors (Lipinski definition) is 14. The second-order valence-electron chi connectivity index (χ2n) is 11.5. The number of hydrogen-bond donors (Lipinski definition) is 4. The van der Waals surface area contributed by atoms with E-state index in [1.54, 1.807) is 36.4 Å². The van der Waals surface area contributed by atoms with Crippen LogP contribution in [0.4, 0.5) is 35.2 Å². The van der Waals surface area contributed by atoms with Crippen LogP contribution >= 0.6 is 0 Å². The van der Waals surface area contributed by atoms with E-state index in [1.165, 1.54) is 24.8 Å². The van der Waals surface area contributed by atoms with Crippen LogP contribution in [-0.2, 0) is 25.8 Å². The van der Waals surface area contributed by atoms with Gasteiger partial charge in [0.2, 0.25) is 43.8 Å². The van der Waals surface area contributed by atoms with E-state index in [4.69, 9.17) is 5.14 Å². The van der Waals surface area contributed by atoms with E-state index in [9.17, 15) is 16.8 Å². The predicted octanol–water partition coefficient (Wildman–Crippen LogP) is 2.54. The maximum Gasteiger partial charge on any atom is 0.231 e. The topological polar surface area (TPSA) is 214 Å². The summed E-state index contributed by atoms with van der Waals surface area (Å²) in [7, 11) is -8.63. The fourth-order valence-electron chi connectivity index (χ4n) is 5.66. The molecule has 0 spiro atoms. The van der Waals surface area contributed by atoms with Crippen LogP contribution in [0.25, 0.3) is 0 Å². The van der Waals surface area contributed by atoms with Gasteiger partial charge in [0.05, 0.1) is 5.75 Å². The van der Waals surface area contributed by atoms with Crippen molar-refractivity contribution in [1.29, 1.82) is 0 Å². The Morgan fingerprint density at radius 1 is 0.830 bits per heavy atom. The van der Waals surface area contributed by atoms with Crippen molar-refractivity contribution in [3.05, 3.63) is 72.3 Å². The lowest BCUT2D eigenvalue weighted by atomic mass is 10.2. The van der Waals surface area contributed by atoms with Gasteiger partial charge in [0.25, 0.3) is 0 Å². The molecule has 2 aromatic heterocycles. The first-order chi connectivity index (χ1) is 22.5. The first-order valence-corrected chi connectivity index (χ1v) is 18.4. The maximum absolute atomic E-state index is 13.3. The second-order valence-corrected chi connectivity index (χ2v) is 14.9. The number of nitrogens with zero attached hydrogens (tertiary/aromatic N) is 8. The smallest absolute Gasteiger partial charge is 0.231 e. The van der Waals surface area contributed by atoms with Crippen LogP contribution in [0.15, 0.2) is 61.2 Å². The molecular formula is C29H36N12O4S2. The lowest BCUT2D eigenvalue weighted by Gasteiger charge is -2.21. The van der Waals surface area contributed by atoms with Crippen LogP contribution in [0.1, 0.15) is 49.1 Å². The van der Waals surface area contributed by atoms with Gasteiger partial charge in [-0.15, -0.1) is 0 Å². The number of rotatable bonds is 12. The van der Waals surface area contributed by atoms with Crippen molar-refractivity contribution in [2.24, 2.45) is 5.14 Å². The summed E-state index contributed by atoms with van der Waals surface area (Å²) in [5.74, 6) is 1.19. The average molecular weight is 681 g/mol. The Hall–Kier alpha value is -4.52. The molecule has 18 heteroatoms. The zero-order valence-corrected chi connectivity index (χ0v) is 27.3. The average Bonchev–Trinajstić information content (AvgIpc) is 3.72. The van der Waals surface area contributed by atoms with Crippen LogP contribution in [0, 0.1) is 0 Å². The monoisotopic (exact) mass is 680 g/mol. The Balaban J connectivity index is 1.15. The summed E-state index contributed by atoms with van der Waals surface area (Å²) in [4.78, 5) is 30.1. The van der Waals surface area contributed by atoms with Gasteiger partial charge >= 0.3 is 0 Å². The Bertz CT molecular complexity index is 1940. The summed E-state index contributed by atoms with van der Waals surface area (Å²) in [6, 6.07) is 13.2. The summed E-state index contributed by atoms with van der Waals surface area (Å²) >= 11 is 0. The molecule has 47 heavy (non-hydrogen) atoms. The summed E-state index contributed by atoms with van der Waals surface area (Å²) in [5, 5.41) is 9.93. The largest absolute Gasteiger partial charge is 0.341 e. The van der Waals surface area contributed by atoms with Crippen LogP contribution in [0.5, 0.6) is 0 Å². The highest BCUT2D eigenvalue weighted by molar-refractivity contribution is 7.92. The molecule has 5 N–H and O–H groups in total. The van der Waals surface area contributed by atoms with Crippen molar-refractivity contribution in [2.45, 2.75) is 49.8 Å². The highest BCUT2D eigenvalue weighted by atomic mass is 32.2. The van der Waals surface area contributed by atoms with E-state index < -0.39 is 31.2 Å². The highest BCUT2D eigenvalue weighted by Gasteiger charge is 2.29. The van der Waals surface area contributed by atoms with Gasteiger partial charge in [-0.05, 0) is 68.0 Å². The minimum absolute atomic E-state index is 0.113. The van der Waals surface area contributed by atoms with E-state index in [0.717, 1.165) is 45.3 Å². The second kappa shape index (κ2) is 13.7. The molecule has 4 aromatic rings. The van der Waals surface area contributed by atoms with Crippen LogP contribution in [0.3, 0.4) is 0 Å². The maximum atomic E-state index is 13.3. The normalized spacial score (nSPS) is 17.5. The Labute approximate surface area is 273 Å². The quantitative estimate of drug-likeness (QED) is 0.169. The van der Waals surface area contributed by atoms with Crippen molar-refractivity contribution in [3.8, 4) is 0 Å². The molecule has 16 nitrogen and oxygen atoms in total.